The van der Waals surface area contributed by atoms with E-state index in [0.717, 1.165) is 29.5 Å². The minimum Gasteiger partial charge on any atom is -0.465 e. The number of benzene rings is 3. The highest BCUT2D eigenvalue weighted by Crippen LogP contribution is 2.22. The van der Waals surface area contributed by atoms with Gasteiger partial charge in [-0.25, -0.2) is 4.79 Å². The van der Waals surface area contributed by atoms with Crippen molar-refractivity contribution in [2.45, 2.75) is 71.7 Å². The number of hydrogen-bond acceptors (Lipinski definition) is 5. The SMILES string of the molecule is CCCCOC(=O)[C@H](Cc1ccccc1C(=O)OC(C)(C)C)N(Cc1ccccc1)Cc1ccccc1. The van der Waals surface area contributed by atoms with E-state index in [-0.39, 0.29) is 11.9 Å². The molecule has 0 fully saturated rings. The van der Waals surface area contributed by atoms with Crippen molar-refractivity contribution >= 4 is 11.9 Å². The van der Waals surface area contributed by atoms with Crippen LogP contribution in [0.5, 0.6) is 0 Å². The first kappa shape index (κ1) is 28.1. The van der Waals surface area contributed by atoms with E-state index in [4.69, 9.17) is 9.47 Å². The summed E-state index contributed by atoms with van der Waals surface area (Å²) in [6.45, 7) is 9.13. The number of nitrogens with zero attached hydrogens (tertiary/aromatic N) is 1. The maximum absolute atomic E-state index is 13.6. The number of carbonyl (C=O) groups excluding carboxylic acids is 2. The zero-order valence-electron chi connectivity index (χ0n) is 22.5. The molecule has 3 aromatic rings. The summed E-state index contributed by atoms with van der Waals surface area (Å²) in [6.07, 6.45) is 2.08. The number of esters is 2. The predicted octanol–water partition coefficient (Wildman–Crippen LogP) is 6.60. The largest absolute Gasteiger partial charge is 0.465 e. The van der Waals surface area contributed by atoms with Gasteiger partial charge >= 0.3 is 11.9 Å². The van der Waals surface area contributed by atoms with Crippen molar-refractivity contribution < 1.29 is 19.1 Å². The molecule has 0 aliphatic heterocycles. The summed E-state index contributed by atoms with van der Waals surface area (Å²) in [4.78, 5) is 28.8. The lowest BCUT2D eigenvalue weighted by Crippen LogP contribution is -2.43. The highest BCUT2D eigenvalue weighted by atomic mass is 16.6. The van der Waals surface area contributed by atoms with E-state index >= 15 is 0 Å². The minimum atomic E-state index is -0.616. The van der Waals surface area contributed by atoms with Crippen LogP contribution in [0.25, 0.3) is 0 Å². The van der Waals surface area contributed by atoms with Gasteiger partial charge in [0.1, 0.15) is 11.6 Å². The lowest BCUT2D eigenvalue weighted by molar-refractivity contribution is -0.150. The van der Waals surface area contributed by atoms with E-state index in [0.29, 0.717) is 31.7 Å². The maximum Gasteiger partial charge on any atom is 0.338 e. The molecule has 3 aromatic carbocycles. The second-order valence-electron chi connectivity index (χ2n) is 10.3. The molecular formula is C32H39NO4. The van der Waals surface area contributed by atoms with Gasteiger partial charge in [-0.2, -0.15) is 0 Å². The molecule has 0 spiro atoms. The van der Waals surface area contributed by atoms with Crippen LogP contribution in [-0.2, 0) is 33.8 Å². The van der Waals surface area contributed by atoms with Gasteiger partial charge in [-0.05, 0) is 56.4 Å². The molecule has 3 rings (SSSR count). The molecule has 5 heteroatoms. The molecular weight excluding hydrogens is 462 g/mol. The van der Waals surface area contributed by atoms with Gasteiger partial charge in [-0.15, -0.1) is 0 Å². The molecule has 196 valence electrons. The lowest BCUT2D eigenvalue weighted by Gasteiger charge is -2.31. The number of unbranched alkanes of at least 4 members (excludes halogenated alkanes) is 1. The van der Waals surface area contributed by atoms with Crippen LogP contribution >= 0.6 is 0 Å². The first-order valence-corrected chi connectivity index (χ1v) is 13.1. The molecule has 0 saturated carbocycles. The molecule has 0 heterocycles. The maximum atomic E-state index is 13.6. The van der Waals surface area contributed by atoms with Gasteiger partial charge < -0.3 is 9.47 Å². The Labute approximate surface area is 221 Å². The quantitative estimate of drug-likeness (QED) is 0.207. The van der Waals surface area contributed by atoms with Gasteiger partial charge in [-0.3, -0.25) is 9.69 Å². The Kier molecular flexibility index (Phi) is 10.5. The fraction of sp³-hybridized carbons (Fsp3) is 0.375. The van der Waals surface area contributed by atoms with Crippen LogP contribution in [-0.4, -0.2) is 35.1 Å². The topological polar surface area (TPSA) is 55.8 Å². The second-order valence-corrected chi connectivity index (χ2v) is 10.3. The highest BCUT2D eigenvalue weighted by Gasteiger charge is 2.30. The van der Waals surface area contributed by atoms with E-state index < -0.39 is 11.6 Å². The monoisotopic (exact) mass is 501 g/mol. The van der Waals surface area contributed by atoms with Crippen LogP contribution in [0, 0.1) is 0 Å². The van der Waals surface area contributed by atoms with Crippen LogP contribution < -0.4 is 0 Å². The number of hydrogen-bond donors (Lipinski definition) is 0. The average molecular weight is 502 g/mol. The van der Waals surface area contributed by atoms with Crippen LogP contribution in [0.1, 0.15) is 67.6 Å². The van der Waals surface area contributed by atoms with Crippen LogP contribution in [0.2, 0.25) is 0 Å². The molecule has 1 atom stereocenters. The summed E-state index contributed by atoms with van der Waals surface area (Å²) >= 11 is 0. The standard InChI is InChI=1S/C32H39NO4/c1-5-6-21-36-31(35)29(22-27-19-13-14-20-28(27)30(34)37-32(2,3)4)33(23-25-15-9-7-10-16-25)24-26-17-11-8-12-18-26/h7-20,29H,5-6,21-24H2,1-4H3/t29-/m0/s1. The van der Waals surface area contributed by atoms with Gasteiger partial charge in [0.05, 0.1) is 12.2 Å². The van der Waals surface area contributed by atoms with Crippen molar-refractivity contribution in [3.05, 3.63) is 107 Å². The second kappa shape index (κ2) is 13.8. The average Bonchev–Trinajstić information content (AvgIpc) is 2.87. The third-order valence-corrected chi connectivity index (χ3v) is 5.96. The Bertz CT molecular complexity index is 1080. The molecule has 0 radical (unpaired) electrons. The zero-order chi connectivity index (χ0) is 26.7. The van der Waals surface area contributed by atoms with Crippen molar-refractivity contribution in [2.24, 2.45) is 0 Å². The predicted molar refractivity (Wildman–Crippen MR) is 147 cm³/mol. The van der Waals surface area contributed by atoms with Gasteiger partial charge in [0, 0.05) is 13.1 Å². The third-order valence-electron chi connectivity index (χ3n) is 5.96. The Morgan fingerprint density at radius 2 is 1.35 bits per heavy atom. The van der Waals surface area contributed by atoms with Gasteiger partial charge in [-0.1, -0.05) is 92.2 Å². The van der Waals surface area contributed by atoms with E-state index in [1.165, 1.54) is 0 Å². The Morgan fingerprint density at radius 3 is 1.89 bits per heavy atom. The van der Waals surface area contributed by atoms with E-state index in [1.54, 1.807) is 6.07 Å². The molecule has 0 N–H and O–H groups in total. The van der Waals surface area contributed by atoms with Gasteiger partial charge in [0.2, 0.25) is 0 Å². The fourth-order valence-electron chi connectivity index (χ4n) is 4.13. The van der Waals surface area contributed by atoms with Gasteiger partial charge in [0.15, 0.2) is 0 Å². The Hall–Kier alpha value is -3.44. The highest BCUT2D eigenvalue weighted by molar-refractivity contribution is 5.91. The summed E-state index contributed by atoms with van der Waals surface area (Å²) in [5.74, 6) is -0.668. The molecule has 0 aromatic heterocycles. The van der Waals surface area contributed by atoms with Crippen LogP contribution in [0.4, 0.5) is 0 Å². The van der Waals surface area contributed by atoms with E-state index in [2.05, 4.69) is 36.1 Å². The van der Waals surface area contributed by atoms with Crippen LogP contribution in [0.3, 0.4) is 0 Å². The third kappa shape index (κ3) is 9.18. The normalized spacial score (nSPS) is 12.2. The smallest absolute Gasteiger partial charge is 0.338 e. The summed E-state index contributed by atoms with van der Waals surface area (Å²) in [5.41, 5.74) is 2.83. The molecule has 5 nitrogen and oxygen atoms in total. The van der Waals surface area contributed by atoms with Gasteiger partial charge in [0.25, 0.3) is 0 Å². The number of ether oxygens (including phenoxy) is 2. The van der Waals surface area contributed by atoms with E-state index in [1.807, 2.05) is 75.4 Å². The van der Waals surface area contributed by atoms with Crippen LogP contribution in [0.15, 0.2) is 84.9 Å². The summed E-state index contributed by atoms with van der Waals surface area (Å²) in [5, 5.41) is 0. The zero-order valence-corrected chi connectivity index (χ0v) is 22.5. The summed E-state index contributed by atoms with van der Waals surface area (Å²) in [7, 11) is 0. The molecule has 0 saturated heterocycles. The molecule has 37 heavy (non-hydrogen) atoms. The molecule has 0 unspecified atom stereocenters. The first-order chi connectivity index (χ1) is 17.8. The van der Waals surface area contributed by atoms with Crippen molar-refractivity contribution in [3.8, 4) is 0 Å². The van der Waals surface area contributed by atoms with Crippen molar-refractivity contribution in [1.82, 2.24) is 4.90 Å². The minimum absolute atomic E-state index is 0.278. The van der Waals surface area contributed by atoms with Crippen molar-refractivity contribution in [1.29, 1.82) is 0 Å². The van der Waals surface area contributed by atoms with Crippen molar-refractivity contribution in [3.63, 3.8) is 0 Å². The summed E-state index contributed by atoms with van der Waals surface area (Å²) < 4.78 is 11.4. The fourth-order valence-corrected chi connectivity index (χ4v) is 4.13. The molecule has 0 aliphatic rings. The van der Waals surface area contributed by atoms with Crippen molar-refractivity contribution in [2.75, 3.05) is 6.61 Å². The van der Waals surface area contributed by atoms with E-state index in [9.17, 15) is 9.59 Å². The Morgan fingerprint density at radius 1 is 0.811 bits per heavy atom. The molecule has 0 aliphatic carbocycles. The first-order valence-electron chi connectivity index (χ1n) is 13.1. The number of carbonyl (C=O) groups is 2. The molecule has 0 bridgehead atoms. The molecule has 0 amide bonds. The summed E-state index contributed by atoms with van der Waals surface area (Å²) in [6, 6.07) is 27.0. The number of rotatable bonds is 12. The Balaban J connectivity index is 1.98. The lowest BCUT2D eigenvalue weighted by atomic mass is 9.98.